The van der Waals surface area contributed by atoms with Gasteiger partial charge in [0.05, 0.1) is 0 Å². The number of nitrogens with zero attached hydrogens (tertiary/aromatic N) is 1. The summed E-state index contributed by atoms with van der Waals surface area (Å²) in [4.78, 5) is 39.0. The first-order valence-electron chi connectivity index (χ1n) is 10.1. The molecule has 6 nitrogen and oxygen atoms in total. The molecule has 26 heavy (non-hydrogen) atoms. The van der Waals surface area contributed by atoms with Crippen molar-refractivity contribution in [1.82, 2.24) is 10.2 Å². The van der Waals surface area contributed by atoms with Crippen LogP contribution in [0.3, 0.4) is 0 Å². The smallest absolute Gasteiger partial charge is 0.245 e. The lowest BCUT2D eigenvalue weighted by Crippen LogP contribution is -2.53. The van der Waals surface area contributed by atoms with E-state index >= 15 is 0 Å². The van der Waals surface area contributed by atoms with Crippen LogP contribution in [0.4, 0.5) is 0 Å². The van der Waals surface area contributed by atoms with Gasteiger partial charge in [0.25, 0.3) is 0 Å². The van der Waals surface area contributed by atoms with Crippen LogP contribution in [-0.4, -0.2) is 41.8 Å². The molecule has 150 valence electrons. The Hall–Kier alpha value is -1.59. The van der Waals surface area contributed by atoms with Crippen LogP contribution in [0, 0.1) is 17.8 Å². The maximum Gasteiger partial charge on any atom is 0.245 e. The lowest BCUT2D eigenvalue weighted by molar-refractivity contribution is -0.139. The molecular formula is C20H37N3O3. The van der Waals surface area contributed by atoms with Crippen molar-refractivity contribution in [2.75, 3.05) is 13.1 Å². The third kappa shape index (κ3) is 7.75. The number of amides is 3. The summed E-state index contributed by atoms with van der Waals surface area (Å²) in [5.74, 6) is -0.739. The lowest BCUT2D eigenvalue weighted by Gasteiger charge is -2.30. The molecule has 6 heteroatoms. The summed E-state index contributed by atoms with van der Waals surface area (Å²) in [7, 11) is 0. The molecule has 0 aromatic carbocycles. The molecule has 0 aliphatic carbocycles. The van der Waals surface area contributed by atoms with Gasteiger partial charge in [0, 0.05) is 25.4 Å². The molecule has 0 bridgehead atoms. The van der Waals surface area contributed by atoms with Crippen LogP contribution >= 0.6 is 0 Å². The van der Waals surface area contributed by atoms with Crippen LogP contribution in [0.15, 0.2) is 0 Å². The normalized spacial score (nSPS) is 17.7. The van der Waals surface area contributed by atoms with Crippen molar-refractivity contribution in [1.29, 1.82) is 0 Å². The van der Waals surface area contributed by atoms with Crippen molar-refractivity contribution in [2.24, 2.45) is 23.5 Å². The van der Waals surface area contributed by atoms with E-state index in [4.69, 9.17) is 5.73 Å². The summed E-state index contributed by atoms with van der Waals surface area (Å²) in [5.41, 5.74) is 5.33. The van der Waals surface area contributed by atoms with Crippen molar-refractivity contribution in [3.63, 3.8) is 0 Å². The number of primary amides is 1. The summed E-state index contributed by atoms with van der Waals surface area (Å²) in [6.45, 7) is 9.57. The van der Waals surface area contributed by atoms with Gasteiger partial charge in [0.1, 0.15) is 6.04 Å². The number of likely N-dealkylation sites (tertiary alicyclic amines) is 1. The van der Waals surface area contributed by atoms with E-state index in [1.165, 1.54) is 0 Å². The highest BCUT2D eigenvalue weighted by Crippen LogP contribution is 2.18. The molecule has 1 aliphatic rings. The summed E-state index contributed by atoms with van der Waals surface area (Å²) >= 11 is 0. The first-order chi connectivity index (χ1) is 12.2. The number of rotatable bonds is 9. The predicted molar refractivity (Wildman–Crippen MR) is 103 cm³/mol. The molecule has 1 aliphatic heterocycles. The average molecular weight is 368 g/mol. The Morgan fingerprint density at radius 1 is 0.962 bits per heavy atom. The van der Waals surface area contributed by atoms with Crippen LogP contribution in [0.5, 0.6) is 0 Å². The molecule has 1 fully saturated rings. The highest BCUT2D eigenvalue weighted by atomic mass is 16.2. The molecule has 0 aromatic heterocycles. The van der Waals surface area contributed by atoms with E-state index < -0.39 is 17.9 Å². The van der Waals surface area contributed by atoms with Crippen molar-refractivity contribution in [3.05, 3.63) is 0 Å². The van der Waals surface area contributed by atoms with Gasteiger partial charge >= 0.3 is 0 Å². The van der Waals surface area contributed by atoms with E-state index in [2.05, 4.69) is 19.2 Å². The monoisotopic (exact) mass is 367 g/mol. The summed E-state index contributed by atoms with van der Waals surface area (Å²) in [5, 5.41) is 2.93. The molecule has 0 radical (unpaired) electrons. The van der Waals surface area contributed by atoms with Gasteiger partial charge in [0.2, 0.25) is 17.7 Å². The van der Waals surface area contributed by atoms with E-state index in [0.717, 1.165) is 45.2 Å². The average Bonchev–Trinajstić information content (AvgIpc) is 2.84. The van der Waals surface area contributed by atoms with Crippen LogP contribution < -0.4 is 11.1 Å². The Kier molecular flexibility index (Phi) is 9.66. The van der Waals surface area contributed by atoms with Gasteiger partial charge in [-0.2, -0.15) is 0 Å². The second-order valence-electron chi connectivity index (χ2n) is 8.31. The predicted octanol–water partition coefficient (Wildman–Crippen LogP) is 2.46. The first kappa shape index (κ1) is 22.5. The maximum atomic E-state index is 13.0. The first-order valence-corrected chi connectivity index (χ1v) is 10.1. The molecule has 1 saturated heterocycles. The molecule has 0 saturated carbocycles. The van der Waals surface area contributed by atoms with Gasteiger partial charge in [-0.05, 0) is 31.1 Å². The van der Waals surface area contributed by atoms with Crippen molar-refractivity contribution in [3.8, 4) is 0 Å². The quantitative estimate of drug-likeness (QED) is 0.655. The highest BCUT2D eigenvalue weighted by Gasteiger charge is 2.31. The summed E-state index contributed by atoms with van der Waals surface area (Å²) < 4.78 is 0. The number of hydrogen-bond acceptors (Lipinski definition) is 3. The topological polar surface area (TPSA) is 92.5 Å². The third-order valence-electron chi connectivity index (χ3n) is 5.06. The van der Waals surface area contributed by atoms with E-state index in [1.807, 2.05) is 18.7 Å². The zero-order valence-corrected chi connectivity index (χ0v) is 16.9. The Bertz CT molecular complexity index is 469. The zero-order chi connectivity index (χ0) is 19.7. The Balaban J connectivity index is 2.79. The van der Waals surface area contributed by atoms with Gasteiger partial charge in [-0.3, -0.25) is 14.4 Å². The largest absolute Gasteiger partial charge is 0.370 e. The van der Waals surface area contributed by atoms with Crippen LogP contribution in [0.2, 0.25) is 0 Å². The molecule has 0 spiro atoms. The highest BCUT2D eigenvalue weighted by molar-refractivity contribution is 5.90. The van der Waals surface area contributed by atoms with Gasteiger partial charge < -0.3 is 16.0 Å². The van der Waals surface area contributed by atoms with Crippen LogP contribution in [0.25, 0.3) is 0 Å². The van der Waals surface area contributed by atoms with Crippen LogP contribution in [0.1, 0.15) is 72.6 Å². The Morgan fingerprint density at radius 2 is 1.54 bits per heavy atom. The van der Waals surface area contributed by atoms with Crippen molar-refractivity contribution < 1.29 is 14.4 Å². The SMILES string of the molecule is CC(C)CCC(CC(N)=O)C(=O)NC(C(=O)N1CCCCCC1)C(C)C. The maximum absolute atomic E-state index is 13.0. The molecule has 2 unspecified atom stereocenters. The van der Waals surface area contributed by atoms with Gasteiger partial charge in [0.15, 0.2) is 0 Å². The fourth-order valence-electron chi connectivity index (χ4n) is 3.38. The fourth-order valence-corrected chi connectivity index (χ4v) is 3.38. The Labute approximate surface area is 158 Å². The lowest BCUT2D eigenvalue weighted by atomic mass is 9.93. The molecule has 3 amide bonds. The zero-order valence-electron chi connectivity index (χ0n) is 16.9. The van der Waals surface area contributed by atoms with E-state index in [1.54, 1.807) is 0 Å². The fraction of sp³-hybridized carbons (Fsp3) is 0.850. The second-order valence-corrected chi connectivity index (χ2v) is 8.31. The molecule has 0 aromatic rings. The standard InChI is InChI=1S/C20H37N3O3/c1-14(2)9-10-16(13-17(21)24)19(25)22-18(15(3)4)20(26)23-11-7-5-6-8-12-23/h14-16,18H,5-13H2,1-4H3,(H2,21,24)(H,22,25). The van der Waals surface area contributed by atoms with Crippen molar-refractivity contribution >= 4 is 17.7 Å². The van der Waals surface area contributed by atoms with Gasteiger partial charge in [-0.25, -0.2) is 0 Å². The number of nitrogens with two attached hydrogens (primary N) is 1. The van der Waals surface area contributed by atoms with Gasteiger partial charge in [-0.1, -0.05) is 47.0 Å². The summed E-state index contributed by atoms with van der Waals surface area (Å²) in [6.07, 6.45) is 5.82. The summed E-state index contributed by atoms with van der Waals surface area (Å²) in [6, 6.07) is -0.546. The number of carbonyl (C=O) groups is 3. The third-order valence-corrected chi connectivity index (χ3v) is 5.06. The number of hydrogen-bond donors (Lipinski definition) is 2. The van der Waals surface area contributed by atoms with E-state index in [-0.39, 0.29) is 24.2 Å². The second kappa shape index (κ2) is 11.2. The molecule has 2 atom stereocenters. The van der Waals surface area contributed by atoms with Crippen molar-refractivity contribution in [2.45, 2.75) is 78.7 Å². The minimum absolute atomic E-state index is 0.00284. The molecule has 1 heterocycles. The molecule has 1 rings (SSSR count). The molecule has 3 N–H and O–H groups in total. The number of carbonyl (C=O) groups excluding carboxylic acids is 3. The van der Waals surface area contributed by atoms with E-state index in [9.17, 15) is 14.4 Å². The van der Waals surface area contributed by atoms with E-state index in [0.29, 0.717) is 12.3 Å². The number of nitrogens with one attached hydrogen (secondary N) is 1. The van der Waals surface area contributed by atoms with Gasteiger partial charge in [-0.15, -0.1) is 0 Å². The minimum Gasteiger partial charge on any atom is -0.370 e. The molecular weight excluding hydrogens is 330 g/mol. The Morgan fingerprint density at radius 3 is 2.00 bits per heavy atom. The van der Waals surface area contributed by atoms with Crippen LogP contribution in [-0.2, 0) is 14.4 Å². The minimum atomic E-state index is -0.546.